The minimum Gasteiger partial charge on any atom is -0.307 e. The van der Waals surface area contributed by atoms with Gasteiger partial charge in [0, 0.05) is 31.4 Å². The van der Waals surface area contributed by atoms with E-state index in [1.54, 1.807) is 0 Å². The molecule has 0 saturated carbocycles. The molecule has 0 aliphatic carbocycles. The van der Waals surface area contributed by atoms with Crippen LogP contribution in [0.5, 0.6) is 0 Å². The lowest BCUT2D eigenvalue weighted by Gasteiger charge is -2.31. The summed E-state index contributed by atoms with van der Waals surface area (Å²) >= 11 is 5.86. The second kappa shape index (κ2) is 5.93. The van der Waals surface area contributed by atoms with Crippen LogP contribution in [0.3, 0.4) is 0 Å². The van der Waals surface area contributed by atoms with Gasteiger partial charge in [-0.25, -0.2) is 4.98 Å². The first-order valence-electron chi connectivity index (χ1n) is 7.06. The summed E-state index contributed by atoms with van der Waals surface area (Å²) in [7, 11) is 0. The molecule has 0 radical (unpaired) electrons. The molecule has 1 fully saturated rings. The van der Waals surface area contributed by atoms with Crippen LogP contribution in [0.4, 0.5) is 0 Å². The average molecular weight is 278 g/mol. The highest BCUT2D eigenvalue weighted by Crippen LogP contribution is 2.21. The summed E-state index contributed by atoms with van der Waals surface area (Å²) < 4.78 is 2.09. The Morgan fingerprint density at radius 2 is 2.32 bits per heavy atom. The van der Waals surface area contributed by atoms with Gasteiger partial charge in [-0.15, -0.1) is 11.6 Å². The molecular formula is C15H20ClN3. The number of piperidine rings is 1. The van der Waals surface area contributed by atoms with E-state index in [0.717, 1.165) is 36.1 Å². The van der Waals surface area contributed by atoms with Crippen molar-refractivity contribution in [2.75, 3.05) is 19.0 Å². The van der Waals surface area contributed by atoms with Gasteiger partial charge in [-0.05, 0) is 43.9 Å². The second-order valence-corrected chi connectivity index (χ2v) is 5.80. The van der Waals surface area contributed by atoms with Gasteiger partial charge in [-0.2, -0.15) is 0 Å². The molecule has 1 aliphatic heterocycles. The van der Waals surface area contributed by atoms with E-state index in [0.29, 0.717) is 0 Å². The van der Waals surface area contributed by atoms with E-state index >= 15 is 0 Å². The SMILES string of the molecule is ClCCC1CCCN(Cc2cn3ccccc3n2)C1. The van der Waals surface area contributed by atoms with Crippen molar-refractivity contribution in [3.63, 3.8) is 0 Å². The van der Waals surface area contributed by atoms with E-state index in [2.05, 4.69) is 32.7 Å². The van der Waals surface area contributed by atoms with Crippen LogP contribution in [0.25, 0.3) is 5.65 Å². The molecule has 102 valence electrons. The summed E-state index contributed by atoms with van der Waals surface area (Å²) in [5.41, 5.74) is 2.20. The molecule has 0 spiro atoms. The predicted molar refractivity (Wildman–Crippen MR) is 78.5 cm³/mol. The first kappa shape index (κ1) is 12.9. The third-order valence-electron chi connectivity index (χ3n) is 3.92. The van der Waals surface area contributed by atoms with Crippen LogP contribution in [0, 0.1) is 5.92 Å². The van der Waals surface area contributed by atoms with Crippen LogP contribution >= 0.6 is 11.6 Å². The van der Waals surface area contributed by atoms with Gasteiger partial charge in [-0.3, -0.25) is 4.90 Å². The number of imidazole rings is 1. The monoisotopic (exact) mass is 277 g/mol. The molecule has 3 rings (SSSR count). The Kier molecular flexibility index (Phi) is 4.04. The third kappa shape index (κ3) is 3.10. The molecule has 1 aliphatic rings. The summed E-state index contributed by atoms with van der Waals surface area (Å²) in [6, 6.07) is 6.12. The molecule has 0 N–H and O–H groups in total. The number of halogens is 1. The second-order valence-electron chi connectivity index (χ2n) is 5.42. The van der Waals surface area contributed by atoms with Crippen LogP contribution in [0.2, 0.25) is 0 Å². The van der Waals surface area contributed by atoms with E-state index in [1.165, 1.54) is 25.9 Å². The van der Waals surface area contributed by atoms with Crippen LogP contribution in [0.1, 0.15) is 25.0 Å². The molecule has 19 heavy (non-hydrogen) atoms. The smallest absolute Gasteiger partial charge is 0.137 e. The van der Waals surface area contributed by atoms with Gasteiger partial charge in [0.05, 0.1) is 5.69 Å². The molecule has 3 nitrogen and oxygen atoms in total. The third-order valence-corrected chi connectivity index (χ3v) is 4.14. The zero-order valence-corrected chi connectivity index (χ0v) is 11.9. The van der Waals surface area contributed by atoms with E-state index in [4.69, 9.17) is 11.6 Å². The van der Waals surface area contributed by atoms with Crippen LogP contribution in [0.15, 0.2) is 30.6 Å². The number of hydrogen-bond donors (Lipinski definition) is 0. The summed E-state index contributed by atoms with van der Waals surface area (Å²) in [5.74, 6) is 1.55. The van der Waals surface area contributed by atoms with Crippen molar-refractivity contribution in [3.05, 3.63) is 36.3 Å². The Balaban J connectivity index is 1.67. The van der Waals surface area contributed by atoms with E-state index in [1.807, 2.05) is 12.1 Å². The predicted octanol–water partition coefficient (Wildman–Crippen LogP) is 3.18. The van der Waals surface area contributed by atoms with Crippen molar-refractivity contribution in [2.45, 2.75) is 25.8 Å². The largest absolute Gasteiger partial charge is 0.307 e. The Hall–Kier alpha value is -1.06. The van der Waals surface area contributed by atoms with Crippen LogP contribution in [-0.2, 0) is 6.54 Å². The van der Waals surface area contributed by atoms with Gasteiger partial charge in [0.25, 0.3) is 0 Å². The number of aromatic nitrogens is 2. The molecule has 1 saturated heterocycles. The minimum absolute atomic E-state index is 0.767. The normalized spacial score (nSPS) is 21.0. The van der Waals surface area contributed by atoms with Crippen molar-refractivity contribution >= 4 is 17.2 Å². The fourth-order valence-corrected chi connectivity index (χ4v) is 3.29. The van der Waals surface area contributed by atoms with Gasteiger partial charge in [0.2, 0.25) is 0 Å². The quantitative estimate of drug-likeness (QED) is 0.800. The molecule has 0 amide bonds. The average Bonchev–Trinajstić information content (AvgIpc) is 2.81. The highest BCUT2D eigenvalue weighted by atomic mass is 35.5. The van der Waals surface area contributed by atoms with E-state index in [-0.39, 0.29) is 0 Å². The van der Waals surface area contributed by atoms with Crippen LogP contribution in [-0.4, -0.2) is 33.3 Å². The maximum absolute atomic E-state index is 5.86. The number of rotatable bonds is 4. The molecule has 1 unspecified atom stereocenters. The Labute approximate surface area is 119 Å². The number of likely N-dealkylation sites (tertiary alicyclic amines) is 1. The maximum Gasteiger partial charge on any atom is 0.137 e. The van der Waals surface area contributed by atoms with Crippen LogP contribution < -0.4 is 0 Å². The fraction of sp³-hybridized carbons (Fsp3) is 0.533. The summed E-state index contributed by atoms with van der Waals surface area (Å²) in [4.78, 5) is 7.19. The summed E-state index contributed by atoms with van der Waals surface area (Å²) in [6.07, 6.45) is 7.95. The molecule has 3 heterocycles. The van der Waals surface area contributed by atoms with Gasteiger partial charge < -0.3 is 4.40 Å². The Bertz CT molecular complexity index is 502. The topological polar surface area (TPSA) is 20.5 Å². The number of pyridine rings is 1. The Morgan fingerprint density at radius 3 is 3.16 bits per heavy atom. The van der Waals surface area contributed by atoms with Crippen molar-refractivity contribution in [1.29, 1.82) is 0 Å². The lowest BCUT2D eigenvalue weighted by atomic mass is 9.95. The van der Waals surface area contributed by atoms with Gasteiger partial charge in [0.1, 0.15) is 5.65 Å². The number of nitrogens with zero attached hydrogens (tertiary/aromatic N) is 3. The zero-order chi connectivity index (χ0) is 13.1. The van der Waals surface area contributed by atoms with Crippen molar-refractivity contribution in [3.8, 4) is 0 Å². The maximum atomic E-state index is 5.86. The number of hydrogen-bond acceptors (Lipinski definition) is 2. The number of fused-ring (bicyclic) bond motifs is 1. The first-order chi connectivity index (χ1) is 9.35. The van der Waals surface area contributed by atoms with Crippen molar-refractivity contribution < 1.29 is 0 Å². The van der Waals surface area contributed by atoms with Crippen molar-refractivity contribution in [2.24, 2.45) is 5.92 Å². The molecule has 1 atom stereocenters. The minimum atomic E-state index is 0.767. The summed E-state index contributed by atoms with van der Waals surface area (Å²) in [6.45, 7) is 3.31. The highest BCUT2D eigenvalue weighted by molar-refractivity contribution is 6.17. The fourth-order valence-electron chi connectivity index (χ4n) is 2.98. The lowest BCUT2D eigenvalue weighted by Crippen LogP contribution is -2.35. The molecule has 4 heteroatoms. The molecule has 2 aromatic rings. The molecule has 2 aromatic heterocycles. The highest BCUT2D eigenvalue weighted by Gasteiger charge is 2.20. The number of alkyl halides is 1. The standard InChI is InChI=1S/C15H20ClN3/c16-7-6-13-4-3-8-18(10-13)11-14-12-19-9-2-1-5-15(19)17-14/h1-2,5,9,12-13H,3-4,6-8,10-11H2. The van der Waals surface area contributed by atoms with Crippen molar-refractivity contribution in [1.82, 2.24) is 14.3 Å². The van der Waals surface area contributed by atoms with E-state index < -0.39 is 0 Å². The summed E-state index contributed by atoms with van der Waals surface area (Å²) in [5, 5.41) is 0. The zero-order valence-electron chi connectivity index (χ0n) is 11.1. The molecule has 0 aromatic carbocycles. The molecular weight excluding hydrogens is 258 g/mol. The van der Waals surface area contributed by atoms with Gasteiger partial charge >= 0.3 is 0 Å². The first-order valence-corrected chi connectivity index (χ1v) is 7.59. The van der Waals surface area contributed by atoms with E-state index in [9.17, 15) is 0 Å². The van der Waals surface area contributed by atoms with Gasteiger partial charge in [-0.1, -0.05) is 6.07 Å². The molecule has 0 bridgehead atoms. The Morgan fingerprint density at radius 1 is 1.37 bits per heavy atom. The lowest BCUT2D eigenvalue weighted by molar-refractivity contribution is 0.164. The van der Waals surface area contributed by atoms with Gasteiger partial charge in [0.15, 0.2) is 0 Å².